The highest BCUT2D eigenvalue weighted by molar-refractivity contribution is 5.80. The zero-order valence-corrected chi connectivity index (χ0v) is 13.4. The minimum atomic E-state index is -0.275. The van der Waals surface area contributed by atoms with E-state index in [1.54, 1.807) is 24.4 Å². The van der Waals surface area contributed by atoms with Gasteiger partial charge < -0.3 is 4.98 Å². The van der Waals surface area contributed by atoms with Gasteiger partial charge in [-0.05, 0) is 44.2 Å². The summed E-state index contributed by atoms with van der Waals surface area (Å²) in [6.07, 6.45) is 1.64. The third kappa shape index (κ3) is 2.36. The fourth-order valence-electron chi connectivity index (χ4n) is 2.75. The number of nitrogens with one attached hydrogen (secondary N) is 1. The molecule has 0 radical (unpaired) electrons. The molecule has 120 valence electrons. The second kappa shape index (κ2) is 5.56. The molecule has 0 unspecified atom stereocenters. The van der Waals surface area contributed by atoms with Gasteiger partial charge in [0.15, 0.2) is 0 Å². The first-order valence-electron chi connectivity index (χ1n) is 7.78. The summed E-state index contributed by atoms with van der Waals surface area (Å²) in [5.41, 5.74) is 3.83. The molecule has 4 rings (SSSR count). The minimum absolute atomic E-state index is 0.247. The lowest BCUT2D eigenvalue weighted by molar-refractivity contribution is 0.530. The number of fused-ring (bicyclic) bond motifs is 1. The van der Waals surface area contributed by atoms with E-state index < -0.39 is 0 Å². The zero-order valence-electron chi connectivity index (χ0n) is 13.4. The Morgan fingerprint density at radius 1 is 1.12 bits per heavy atom. The van der Waals surface area contributed by atoms with Gasteiger partial charge in [-0.3, -0.25) is 0 Å². The topological polar surface area (TPSA) is 59.4 Å². The van der Waals surface area contributed by atoms with Crippen LogP contribution in [0.15, 0.2) is 48.7 Å². The number of rotatable bonds is 3. The highest BCUT2D eigenvalue weighted by Crippen LogP contribution is 2.26. The van der Waals surface area contributed by atoms with Crippen LogP contribution in [0.5, 0.6) is 0 Å². The molecule has 0 aliphatic carbocycles. The molecule has 2 heterocycles. The van der Waals surface area contributed by atoms with E-state index in [2.05, 4.69) is 34.1 Å². The van der Waals surface area contributed by atoms with Gasteiger partial charge in [0.25, 0.3) is 0 Å². The number of aromatic nitrogens is 5. The molecule has 0 saturated heterocycles. The highest BCUT2D eigenvalue weighted by atomic mass is 19.1. The number of halogens is 1. The van der Waals surface area contributed by atoms with Gasteiger partial charge in [-0.1, -0.05) is 17.3 Å². The third-order valence-electron chi connectivity index (χ3n) is 3.97. The summed E-state index contributed by atoms with van der Waals surface area (Å²) in [6.45, 7) is 4.13. The van der Waals surface area contributed by atoms with Crippen LogP contribution in [-0.2, 0) is 0 Å². The minimum Gasteiger partial charge on any atom is -0.338 e. The molecular formula is C18H16FN5. The van der Waals surface area contributed by atoms with Crippen LogP contribution in [-0.4, -0.2) is 25.0 Å². The Bertz CT molecular complexity index is 1020. The quantitative estimate of drug-likeness (QED) is 0.615. The van der Waals surface area contributed by atoms with E-state index in [0.29, 0.717) is 17.1 Å². The fraction of sp³-hybridized carbons (Fsp3) is 0.167. The molecule has 5 nitrogen and oxygen atoms in total. The Morgan fingerprint density at radius 3 is 2.75 bits per heavy atom. The number of aromatic amines is 1. The molecule has 2 aromatic heterocycles. The summed E-state index contributed by atoms with van der Waals surface area (Å²) < 4.78 is 15.8. The van der Waals surface area contributed by atoms with Crippen LogP contribution in [0.4, 0.5) is 4.39 Å². The number of hydrogen-bond donors (Lipinski definition) is 1. The van der Waals surface area contributed by atoms with E-state index in [1.807, 2.05) is 22.9 Å². The molecular weight excluding hydrogens is 305 g/mol. The lowest BCUT2D eigenvalue weighted by Crippen LogP contribution is -2.02. The molecule has 0 saturated carbocycles. The smallest absolute Gasteiger partial charge is 0.137 e. The van der Waals surface area contributed by atoms with Crippen LogP contribution in [0.1, 0.15) is 19.9 Å². The van der Waals surface area contributed by atoms with Crippen molar-refractivity contribution in [3.8, 4) is 22.6 Å². The highest BCUT2D eigenvalue weighted by Gasteiger charge is 2.12. The summed E-state index contributed by atoms with van der Waals surface area (Å²) in [5.74, 6) is 0.400. The van der Waals surface area contributed by atoms with Gasteiger partial charge in [-0.2, -0.15) is 0 Å². The van der Waals surface area contributed by atoms with Crippen molar-refractivity contribution < 1.29 is 4.39 Å². The van der Waals surface area contributed by atoms with Crippen molar-refractivity contribution in [2.75, 3.05) is 0 Å². The van der Waals surface area contributed by atoms with Gasteiger partial charge in [0, 0.05) is 17.2 Å². The Labute approximate surface area is 138 Å². The van der Waals surface area contributed by atoms with E-state index in [4.69, 9.17) is 0 Å². The molecule has 24 heavy (non-hydrogen) atoms. The van der Waals surface area contributed by atoms with E-state index in [9.17, 15) is 4.39 Å². The second-order valence-electron chi connectivity index (χ2n) is 5.96. The number of nitrogens with zero attached hydrogens (tertiary/aromatic N) is 4. The van der Waals surface area contributed by atoms with Gasteiger partial charge in [0.05, 0.1) is 17.4 Å². The Kier molecular flexibility index (Phi) is 3.37. The first-order chi connectivity index (χ1) is 11.6. The van der Waals surface area contributed by atoms with Crippen LogP contribution in [0.2, 0.25) is 0 Å². The van der Waals surface area contributed by atoms with Crippen molar-refractivity contribution in [2.45, 2.75) is 19.9 Å². The van der Waals surface area contributed by atoms with Gasteiger partial charge >= 0.3 is 0 Å². The first kappa shape index (κ1) is 14.6. The molecule has 0 aliphatic rings. The molecule has 2 aromatic carbocycles. The SMILES string of the molecule is CC(C)n1nnc2cc(-c3ncc(-c4ccccc4F)[nH]3)ccc21. The predicted octanol–water partition coefficient (Wildman–Crippen LogP) is 4.21. The second-order valence-corrected chi connectivity index (χ2v) is 5.96. The van der Waals surface area contributed by atoms with Crippen molar-refractivity contribution in [2.24, 2.45) is 0 Å². The lowest BCUT2D eigenvalue weighted by Gasteiger charge is -2.05. The summed E-state index contributed by atoms with van der Waals surface area (Å²) >= 11 is 0. The van der Waals surface area contributed by atoms with Crippen LogP contribution in [0.3, 0.4) is 0 Å². The van der Waals surface area contributed by atoms with E-state index in [0.717, 1.165) is 16.6 Å². The molecule has 0 fully saturated rings. The average Bonchev–Trinajstić information content (AvgIpc) is 3.21. The van der Waals surface area contributed by atoms with Gasteiger partial charge in [0.1, 0.15) is 17.2 Å². The normalized spacial score (nSPS) is 11.5. The van der Waals surface area contributed by atoms with E-state index in [-0.39, 0.29) is 11.9 Å². The van der Waals surface area contributed by atoms with Crippen molar-refractivity contribution in [1.82, 2.24) is 25.0 Å². The first-order valence-corrected chi connectivity index (χ1v) is 7.78. The maximum Gasteiger partial charge on any atom is 0.137 e. The van der Waals surface area contributed by atoms with E-state index in [1.165, 1.54) is 6.07 Å². The number of benzene rings is 2. The van der Waals surface area contributed by atoms with Crippen molar-refractivity contribution in [3.63, 3.8) is 0 Å². The molecule has 0 bridgehead atoms. The molecule has 0 spiro atoms. The Hall–Kier alpha value is -3.02. The molecule has 0 aliphatic heterocycles. The predicted molar refractivity (Wildman–Crippen MR) is 90.9 cm³/mol. The largest absolute Gasteiger partial charge is 0.338 e. The third-order valence-corrected chi connectivity index (χ3v) is 3.97. The van der Waals surface area contributed by atoms with Gasteiger partial charge in [-0.15, -0.1) is 5.10 Å². The Morgan fingerprint density at radius 2 is 1.96 bits per heavy atom. The molecule has 6 heteroatoms. The molecule has 0 atom stereocenters. The van der Waals surface area contributed by atoms with Crippen LogP contribution in [0, 0.1) is 5.82 Å². The summed E-state index contributed by atoms with van der Waals surface area (Å²) in [4.78, 5) is 7.55. The maximum absolute atomic E-state index is 13.9. The number of H-pyrrole nitrogens is 1. The number of imidazole rings is 1. The summed E-state index contributed by atoms with van der Waals surface area (Å²) in [7, 11) is 0. The Balaban J connectivity index is 1.75. The maximum atomic E-state index is 13.9. The van der Waals surface area contributed by atoms with Crippen LogP contribution in [0.25, 0.3) is 33.7 Å². The van der Waals surface area contributed by atoms with Gasteiger partial charge in [0.2, 0.25) is 0 Å². The monoisotopic (exact) mass is 321 g/mol. The van der Waals surface area contributed by atoms with Gasteiger partial charge in [-0.25, -0.2) is 14.1 Å². The number of hydrogen-bond acceptors (Lipinski definition) is 3. The van der Waals surface area contributed by atoms with Crippen LogP contribution < -0.4 is 0 Å². The van der Waals surface area contributed by atoms with E-state index >= 15 is 0 Å². The molecule has 1 N–H and O–H groups in total. The lowest BCUT2D eigenvalue weighted by atomic mass is 10.1. The van der Waals surface area contributed by atoms with Crippen molar-refractivity contribution in [1.29, 1.82) is 0 Å². The average molecular weight is 321 g/mol. The fourth-order valence-corrected chi connectivity index (χ4v) is 2.75. The van der Waals surface area contributed by atoms with Crippen molar-refractivity contribution in [3.05, 3.63) is 54.5 Å². The zero-order chi connectivity index (χ0) is 16.7. The standard InChI is InChI=1S/C18H16FN5/c1-11(2)24-17-8-7-12(9-15(17)22-23-24)18-20-10-16(21-18)13-5-3-4-6-14(13)19/h3-11H,1-2H3,(H,20,21). The molecule has 0 amide bonds. The summed E-state index contributed by atoms with van der Waals surface area (Å²) in [5, 5.41) is 8.40. The summed E-state index contributed by atoms with van der Waals surface area (Å²) in [6, 6.07) is 12.8. The van der Waals surface area contributed by atoms with Crippen LogP contribution >= 0.6 is 0 Å². The molecule has 4 aromatic rings. The van der Waals surface area contributed by atoms with Crippen molar-refractivity contribution >= 4 is 11.0 Å².